The van der Waals surface area contributed by atoms with E-state index in [2.05, 4.69) is 150 Å². The molecular weight excluding hydrogens is 549 g/mol. The van der Waals surface area contributed by atoms with Gasteiger partial charge in [-0.15, -0.1) is 0 Å². The highest BCUT2D eigenvalue weighted by Crippen LogP contribution is 2.34. The van der Waals surface area contributed by atoms with Gasteiger partial charge in [0.25, 0.3) is 0 Å². The van der Waals surface area contributed by atoms with Gasteiger partial charge in [0.1, 0.15) is 0 Å². The zero-order valence-electron chi connectivity index (χ0n) is 25.0. The number of rotatable bonds is 6. The Morgan fingerprint density at radius 2 is 1.41 bits per heavy atom. The van der Waals surface area contributed by atoms with Crippen LogP contribution in [-0.4, -0.2) is 17.6 Å². The van der Waals surface area contributed by atoms with E-state index in [4.69, 9.17) is 4.98 Å². The van der Waals surface area contributed by atoms with Crippen molar-refractivity contribution in [1.82, 2.24) is 9.55 Å². The van der Waals surface area contributed by atoms with Crippen LogP contribution in [0.5, 0.6) is 0 Å². The molecule has 0 radical (unpaired) electrons. The number of nitrogens with zero attached hydrogens (tertiary/aromatic N) is 2. The van der Waals surface area contributed by atoms with E-state index < -0.39 is 8.07 Å². The lowest BCUT2D eigenvalue weighted by molar-refractivity contribution is 0.979. The molecule has 0 bridgehead atoms. The largest absolute Gasteiger partial charge is 0.313 e. The van der Waals surface area contributed by atoms with Crippen LogP contribution in [-0.2, 0) is 0 Å². The van der Waals surface area contributed by atoms with Crippen molar-refractivity contribution in [3.05, 3.63) is 157 Å². The lowest BCUT2D eigenvalue weighted by Crippen LogP contribution is -2.69. The summed E-state index contributed by atoms with van der Waals surface area (Å²) in [5.41, 5.74) is 6.48. The minimum atomic E-state index is -2.72. The van der Waals surface area contributed by atoms with E-state index >= 15 is 0 Å². The topological polar surface area (TPSA) is 17.8 Å². The first-order valence-corrected chi connectivity index (χ1v) is 18.0. The predicted octanol–water partition coefficient (Wildman–Crippen LogP) is 8.40. The van der Waals surface area contributed by atoms with Gasteiger partial charge in [-0.05, 0) is 78.2 Å². The Morgan fingerprint density at radius 3 is 2.16 bits per heavy atom. The molecule has 2 nitrogen and oxygen atoms in total. The summed E-state index contributed by atoms with van der Waals surface area (Å²) >= 11 is 0. The first-order chi connectivity index (χ1) is 21.8. The van der Waals surface area contributed by atoms with Gasteiger partial charge in [0.05, 0.1) is 11.0 Å². The fourth-order valence-corrected chi connectivity index (χ4v) is 12.3. The lowest BCUT2D eigenvalue weighted by atomic mass is 10.00. The third-order valence-corrected chi connectivity index (χ3v) is 14.4. The number of allylic oxidation sites excluding steroid dienone is 12. The third-order valence-electron chi connectivity index (χ3n) is 9.57. The molecule has 3 aromatic carbocycles. The number of para-hydroxylation sites is 1. The van der Waals surface area contributed by atoms with Gasteiger partial charge in [0.15, 0.2) is 8.07 Å². The molecule has 0 fully saturated rings. The van der Waals surface area contributed by atoms with Crippen LogP contribution in [0, 0.1) is 0 Å². The lowest BCUT2D eigenvalue weighted by Gasteiger charge is -2.36. The minimum Gasteiger partial charge on any atom is -0.313 e. The number of benzene rings is 3. The van der Waals surface area contributed by atoms with Crippen molar-refractivity contribution in [2.45, 2.75) is 38.5 Å². The molecule has 0 N–H and O–H groups in total. The molecule has 0 saturated carbocycles. The van der Waals surface area contributed by atoms with Crippen molar-refractivity contribution < 1.29 is 0 Å². The maximum Gasteiger partial charge on any atom is 0.198 e. The first-order valence-electron chi connectivity index (χ1n) is 16.0. The van der Waals surface area contributed by atoms with Crippen LogP contribution in [0.4, 0.5) is 0 Å². The van der Waals surface area contributed by atoms with Crippen LogP contribution in [0.25, 0.3) is 33.1 Å². The number of pyridine rings is 1. The molecule has 1 unspecified atom stereocenters. The van der Waals surface area contributed by atoms with Crippen LogP contribution in [0.15, 0.2) is 151 Å². The van der Waals surface area contributed by atoms with E-state index in [1.54, 1.807) is 0 Å². The Balaban J connectivity index is 1.42. The van der Waals surface area contributed by atoms with Crippen LogP contribution in [0.3, 0.4) is 0 Å². The molecule has 8 rings (SSSR count). The zero-order chi connectivity index (χ0) is 29.3. The molecule has 3 aliphatic rings. The second-order valence-corrected chi connectivity index (χ2v) is 15.9. The van der Waals surface area contributed by atoms with E-state index in [0.29, 0.717) is 0 Å². The van der Waals surface area contributed by atoms with Crippen molar-refractivity contribution >= 4 is 56.8 Å². The minimum absolute atomic E-state index is 1.03. The summed E-state index contributed by atoms with van der Waals surface area (Å²) in [7, 11) is -2.72. The van der Waals surface area contributed by atoms with Crippen molar-refractivity contribution in [3.8, 4) is 0 Å². The average molecular weight is 585 g/mol. The van der Waals surface area contributed by atoms with E-state index in [9.17, 15) is 0 Å². The second-order valence-electron chi connectivity index (χ2n) is 12.1. The molecule has 2 heterocycles. The number of aromatic nitrogens is 2. The van der Waals surface area contributed by atoms with Gasteiger partial charge in [0.2, 0.25) is 0 Å². The van der Waals surface area contributed by atoms with Crippen LogP contribution < -0.4 is 15.7 Å². The summed E-state index contributed by atoms with van der Waals surface area (Å²) < 4.78 is 2.50. The van der Waals surface area contributed by atoms with Gasteiger partial charge in [-0.3, -0.25) is 4.98 Å². The highest BCUT2D eigenvalue weighted by molar-refractivity contribution is 7.15. The predicted molar refractivity (Wildman–Crippen MR) is 190 cm³/mol. The van der Waals surface area contributed by atoms with E-state index in [1.165, 1.54) is 59.5 Å². The summed E-state index contributed by atoms with van der Waals surface area (Å²) in [6.45, 7) is 0. The summed E-state index contributed by atoms with van der Waals surface area (Å²) in [4.78, 5) is 5.46. The maximum atomic E-state index is 5.46. The van der Waals surface area contributed by atoms with Crippen molar-refractivity contribution in [3.63, 3.8) is 0 Å². The van der Waals surface area contributed by atoms with E-state index in [0.717, 1.165) is 38.5 Å². The van der Waals surface area contributed by atoms with Crippen LogP contribution in [0.2, 0.25) is 0 Å². The fraction of sp³-hybridized carbons (Fsp3) is 0.146. The summed E-state index contributed by atoms with van der Waals surface area (Å²) in [6, 6.07) is 32.0. The van der Waals surface area contributed by atoms with Gasteiger partial charge >= 0.3 is 0 Å². The van der Waals surface area contributed by atoms with Crippen LogP contribution in [0.1, 0.15) is 44.1 Å². The number of fused-ring (bicyclic) bond motifs is 3. The molecule has 0 saturated heterocycles. The molecule has 44 heavy (non-hydrogen) atoms. The Hall–Kier alpha value is -4.73. The van der Waals surface area contributed by atoms with Gasteiger partial charge in [0, 0.05) is 28.0 Å². The molecule has 3 aliphatic carbocycles. The maximum absolute atomic E-state index is 5.46. The van der Waals surface area contributed by atoms with Gasteiger partial charge in [-0.1, -0.05) is 127 Å². The Labute approximate surface area is 260 Å². The van der Waals surface area contributed by atoms with Crippen molar-refractivity contribution in [2.24, 2.45) is 0 Å². The van der Waals surface area contributed by atoms with Gasteiger partial charge < -0.3 is 4.57 Å². The second kappa shape index (κ2) is 11.4. The van der Waals surface area contributed by atoms with Crippen molar-refractivity contribution in [1.29, 1.82) is 0 Å². The Kier molecular flexibility index (Phi) is 6.96. The Bertz CT molecular complexity index is 2050. The van der Waals surface area contributed by atoms with E-state index in [1.807, 2.05) is 0 Å². The molecular formula is C41H36N2Si. The number of hydrogen-bond donors (Lipinski definition) is 0. The monoisotopic (exact) mass is 584 g/mol. The summed E-state index contributed by atoms with van der Waals surface area (Å²) in [5, 5.41) is 7.99. The summed E-state index contributed by atoms with van der Waals surface area (Å²) in [5.74, 6) is 0. The molecule has 5 aromatic rings. The summed E-state index contributed by atoms with van der Waals surface area (Å²) in [6.07, 6.45) is 29.3. The average Bonchev–Trinajstić information content (AvgIpc) is 3.44. The van der Waals surface area contributed by atoms with E-state index in [-0.39, 0.29) is 0 Å². The highest BCUT2D eigenvalue weighted by atomic mass is 28.3. The fourth-order valence-electron chi connectivity index (χ4n) is 7.50. The highest BCUT2D eigenvalue weighted by Gasteiger charge is 2.44. The molecule has 3 heteroatoms. The standard InChI is InChI=1S/C41H36N2Si/c1-5-15-31(16-6-1)32-25-27-36(28-26-32)44(34-19-9-3-10-20-34,35-21-11-4-12-22-35)41-29-40-38(30-42-41)37-23-13-14-24-39(37)43(40)33-17-7-2-8-18-33/h2-5,7,9-11,13-17,19-21,23-30H,1,6,8,12,18,22H2. The molecule has 2 aromatic heterocycles. The normalized spacial score (nSPS) is 17.8. The third kappa shape index (κ3) is 4.42. The molecule has 214 valence electrons. The zero-order valence-corrected chi connectivity index (χ0v) is 26.0. The molecule has 0 amide bonds. The SMILES string of the molecule is C1=CCCC(n2c3ccccc3c3cnc([Si](C4=CC=CCC4)(c4ccccc4)c4ccc(C5=CCCC=C5)cc4)cc32)=C1. The first kappa shape index (κ1) is 26.9. The molecule has 1 atom stereocenters. The van der Waals surface area contributed by atoms with Gasteiger partial charge in [-0.25, -0.2) is 0 Å². The Morgan fingerprint density at radius 1 is 0.636 bits per heavy atom. The quantitative estimate of drug-likeness (QED) is 0.183. The molecule has 0 spiro atoms. The van der Waals surface area contributed by atoms with Gasteiger partial charge in [-0.2, -0.15) is 0 Å². The smallest absolute Gasteiger partial charge is 0.198 e. The number of hydrogen-bond acceptors (Lipinski definition) is 1. The van der Waals surface area contributed by atoms with Crippen molar-refractivity contribution in [2.75, 3.05) is 0 Å². The molecule has 0 aliphatic heterocycles. The van der Waals surface area contributed by atoms with Crippen LogP contribution >= 0.6 is 0 Å².